The van der Waals surface area contributed by atoms with Crippen molar-refractivity contribution in [1.29, 1.82) is 0 Å². The number of aromatic nitrogens is 4. The van der Waals surface area contributed by atoms with Gasteiger partial charge in [-0.15, -0.1) is 12.4 Å². The summed E-state index contributed by atoms with van der Waals surface area (Å²) in [6.45, 7) is 4.49. The topological polar surface area (TPSA) is 87.6 Å². The second-order valence-corrected chi connectivity index (χ2v) is 8.60. The van der Waals surface area contributed by atoms with Gasteiger partial charge in [0, 0.05) is 41.8 Å². The highest BCUT2D eigenvalue weighted by Gasteiger charge is 2.78. The van der Waals surface area contributed by atoms with E-state index in [9.17, 15) is 13.6 Å². The molecule has 158 valence electrons. The second-order valence-electron chi connectivity index (χ2n) is 8.60. The number of aromatic amines is 1. The third-order valence-electron chi connectivity index (χ3n) is 6.80. The SMILES string of the molecule is C[C@@]12Cc3[nH]nc(C(=O)Nc4cnn(CC5CCNCC5)c4)c3C[C@@H]1C2(F)F.Cl. The van der Waals surface area contributed by atoms with E-state index in [1.54, 1.807) is 13.1 Å². The lowest BCUT2D eigenvalue weighted by atomic mass is 9.87. The molecule has 10 heteroatoms. The summed E-state index contributed by atoms with van der Waals surface area (Å²) in [5, 5.41) is 17.4. The van der Waals surface area contributed by atoms with Crippen molar-refractivity contribution in [3.8, 4) is 0 Å². The van der Waals surface area contributed by atoms with Gasteiger partial charge in [-0.3, -0.25) is 14.6 Å². The first kappa shape index (κ1) is 20.3. The van der Waals surface area contributed by atoms with Crippen LogP contribution >= 0.6 is 12.4 Å². The number of nitrogens with zero attached hydrogens (tertiary/aromatic N) is 3. The van der Waals surface area contributed by atoms with Gasteiger partial charge in [0.25, 0.3) is 11.8 Å². The van der Waals surface area contributed by atoms with Crippen LogP contribution in [0.25, 0.3) is 0 Å². The van der Waals surface area contributed by atoms with Gasteiger partial charge in [0.2, 0.25) is 0 Å². The van der Waals surface area contributed by atoms with Gasteiger partial charge in [-0.05, 0) is 38.3 Å². The van der Waals surface area contributed by atoms with Crippen molar-refractivity contribution in [3.05, 3.63) is 29.3 Å². The number of alkyl halides is 2. The summed E-state index contributed by atoms with van der Waals surface area (Å²) in [5.41, 5.74) is 1.08. The summed E-state index contributed by atoms with van der Waals surface area (Å²) in [5.74, 6) is -3.18. The average molecular weight is 427 g/mol. The standard InChI is InChI=1S/C19H24F2N6O.ClH/c1-18-7-14-13(6-15(18)19(18,20)21)16(26-25-14)17(28)24-12-8-23-27(10-12)9-11-2-4-22-5-3-11;/h8,10-11,15,22H,2-7,9H2,1H3,(H,24,28)(H,25,26);1H/t15-,18+;/m0./s1. The van der Waals surface area contributed by atoms with Gasteiger partial charge >= 0.3 is 0 Å². The Hall–Kier alpha value is -2.00. The first-order chi connectivity index (χ1) is 13.4. The van der Waals surface area contributed by atoms with Crippen LogP contribution in [0.4, 0.5) is 14.5 Å². The lowest BCUT2D eigenvalue weighted by Gasteiger charge is -2.22. The molecule has 2 aromatic heterocycles. The summed E-state index contributed by atoms with van der Waals surface area (Å²) < 4.78 is 30.0. The number of hydrogen-bond acceptors (Lipinski definition) is 4. The van der Waals surface area contributed by atoms with Gasteiger partial charge in [-0.1, -0.05) is 6.92 Å². The Balaban J connectivity index is 0.00000205. The Morgan fingerprint density at radius 2 is 2.14 bits per heavy atom. The Labute approximate surface area is 173 Å². The Bertz CT molecular complexity index is 922. The van der Waals surface area contributed by atoms with Crippen molar-refractivity contribution in [3.63, 3.8) is 0 Å². The number of anilines is 1. The molecule has 29 heavy (non-hydrogen) atoms. The van der Waals surface area contributed by atoms with E-state index in [2.05, 4.69) is 25.9 Å². The highest BCUT2D eigenvalue weighted by molar-refractivity contribution is 6.04. The van der Waals surface area contributed by atoms with Crippen LogP contribution in [-0.4, -0.2) is 44.9 Å². The van der Waals surface area contributed by atoms with E-state index in [1.807, 2.05) is 10.9 Å². The smallest absolute Gasteiger partial charge is 0.276 e. The molecule has 3 aliphatic rings. The molecule has 1 saturated heterocycles. The fourth-order valence-electron chi connectivity index (χ4n) is 4.84. The van der Waals surface area contributed by atoms with Crippen molar-refractivity contribution >= 4 is 24.0 Å². The predicted octanol–water partition coefficient (Wildman–Crippen LogP) is 2.65. The number of halogens is 3. The lowest BCUT2D eigenvalue weighted by molar-refractivity contribution is 0.0631. The number of nitrogens with one attached hydrogen (secondary N) is 3. The van der Waals surface area contributed by atoms with Gasteiger partial charge in [-0.25, -0.2) is 8.78 Å². The highest BCUT2D eigenvalue weighted by Crippen LogP contribution is 2.70. The van der Waals surface area contributed by atoms with E-state index >= 15 is 0 Å². The Morgan fingerprint density at radius 3 is 2.90 bits per heavy atom. The molecule has 2 aromatic rings. The fourth-order valence-corrected chi connectivity index (χ4v) is 4.84. The molecular weight excluding hydrogens is 402 g/mol. The van der Waals surface area contributed by atoms with E-state index < -0.39 is 17.3 Å². The molecule has 3 heterocycles. The molecule has 5 rings (SSSR count). The number of carbonyl (C=O) groups is 1. The predicted molar refractivity (Wildman–Crippen MR) is 106 cm³/mol. The number of piperidine rings is 1. The van der Waals surface area contributed by atoms with Gasteiger partial charge < -0.3 is 10.6 Å². The molecule has 1 aliphatic heterocycles. The van der Waals surface area contributed by atoms with Crippen LogP contribution in [0.3, 0.4) is 0 Å². The van der Waals surface area contributed by atoms with Crippen LogP contribution in [0.2, 0.25) is 0 Å². The molecule has 1 saturated carbocycles. The molecule has 0 spiro atoms. The molecule has 3 N–H and O–H groups in total. The minimum Gasteiger partial charge on any atom is -0.318 e. The van der Waals surface area contributed by atoms with Crippen LogP contribution in [0.5, 0.6) is 0 Å². The molecule has 0 unspecified atom stereocenters. The van der Waals surface area contributed by atoms with E-state index in [-0.39, 0.29) is 36.8 Å². The van der Waals surface area contributed by atoms with Crippen molar-refractivity contribution in [2.45, 2.75) is 45.1 Å². The van der Waals surface area contributed by atoms with Crippen molar-refractivity contribution in [2.75, 3.05) is 18.4 Å². The highest BCUT2D eigenvalue weighted by atomic mass is 35.5. The number of carbonyl (C=O) groups excluding carboxylic acids is 1. The van der Waals surface area contributed by atoms with Gasteiger partial charge in [0.15, 0.2) is 5.69 Å². The molecule has 0 aromatic carbocycles. The number of amides is 1. The summed E-state index contributed by atoms with van der Waals surface area (Å²) in [4.78, 5) is 12.7. The van der Waals surface area contributed by atoms with Gasteiger partial charge in [0.05, 0.1) is 11.9 Å². The van der Waals surface area contributed by atoms with Crippen molar-refractivity contribution < 1.29 is 13.6 Å². The van der Waals surface area contributed by atoms with Crippen molar-refractivity contribution in [1.82, 2.24) is 25.3 Å². The Morgan fingerprint density at radius 1 is 1.38 bits per heavy atom. The summed E-state index contributed by atoms with van der Waals surface area (Å²) >= 11 is 0. The molecule has 0 radical (unpaired) electrons. The third kappa shape index (κ3) is 3.24. The number of rotatable bonds is 4. The number of hydrogen-bond donors (Lipinski definition) is 3. The van der Waals surface area contributed by atoms with E-state index in [4.69, 9.17) is 0 Å². The van der Waals surface area contributed by atoms with Crippen LogP contribution in [0.1, 0.15) is 41.5 Å². The zero-order valence-corrected chi connectivity index (χ0v) is 17.0. The monoisotopic (exact) mass is 426 g/mol. The number of fused-ring (bicyclic) bond motifs is 2. The molecule has 0 bridgehead atoms. The molecule has 7 nitrogen and oxygen atoms in total. The van der Waals surface area contributed by atoms with E-state index in [0.717, 1.165) is 32.5 Å². The minimum absolute atomic E-state index is 0. The van der Waals surface area contributed by atoms with Crippen LogP contribution < -0.4 is 10.6 Å². The summed E-state index contributed by atoms with van der Waals surface area (Å²) in [6.07, 6.45) is 6.08. The van der Waals surface area contributed by atoms with Crippen LogP contribution in [0, 0.1) is 17.3 Å². The second kappa shape index (κ2) is 7.05. The molecular formula is C19H25ClF2N6O. The maximum Gasteiger partial charge on any atom is 0.276 e. The maximum absolute atomic E-state index is 14.1. The van der Waals surface area contributed by atoms with Crippen molar-refractivity contribution in [2.24, 2.45) is 17.3 Å². The third-order valence-corrected chi connectivity index (χ3v) is 6.80. The first-order valence-corrected chi connectivity index (χ1v) is 9.87. The van der Waals surface area contributed by atoms with Crippen LogP contribution in [-0.2, 0) is 19.4 Å². The van der Waals surface area contributed by atoms with E-state index in [1.165, 1.54) is 0 Å². The zero-order chi connectivity index (χ0) is 19.5. The summed E-state index contributed by atoms with van der Waals surface area (Å²) in [6, 6.07) is 0. The number of H-pyrrole nitrogens is 1. The lowest BCUT2D eigenvalue weighted by Crippen LogP contribution is -2.29. The first-order valence-electron chi connectivity index (χ1n) is 9.87. The Kier molecular flexibility index (Phi) is 4.93. The van der Waals surface area contributed by atoms with Gasteiger partial charge in [-0.2, -0.15) is 10.2 Å². The zero-order valence-electron chi connectivity index (χ0n) is 16.2. The molecule has 2 fully saturated rings. The van der Waals surface area contributed by atoms with E-state index in [0.29, 0.717) is 22.9 Å². The minimum atomic E-state index is -2.67. The molecule has 2 aliphatic carbocycles. The summed E-state index contributed by atoms with van der Waals surface area (Å²) in [7, 11) is 0. The normalized spacial score (nSPS) is 27.5. The van der Waals surface area contributed by atoms with Crippen LogP contribution in [0.15, 0.2) is 12.4 Å². The quantitative estimate of drug-likeness (QED) is 0.701. The molecule has 1 amide bonds. The molecule has 2 atom stereocenters. The average Bonchev–Trinajstić information content (AvgIpc) is 3.08. The van der Waals surface area contributed by atoms with Gasteiger partial charge in [0.1, 0.15) is 0 Å². The largest absolute Gasteiger partial charge is 0.318 e. The maximum atomic E-state index is 14.1. The fraction of sp³-hybridized carbons (Fsp3) is 0.632.